The van der Waals surface area contributed by atoms with Crippen LogP contribution in [0.3, 0.4) is 0 Å². The van der Waals surface area contributed by atoms with E-state index >= 15 is 0 Å². The quantitative estimate of drug-likeness (QED) is 0.914. The van der Waals surface area contributed by atoms with E-state index in [2.05, 4.69) is 15.3 Å². The minimum atomic E-state index is -0.0597. The fourth-order valence-corrected chi connectivity index (χ4v) is 2.22. The molecular weight excluding hydrogens is 300 g/mol. The third kappa shape index (κ3) is 3.74. The van der Waals surface area contributed by atoms with Gasteiger partial charge in [0.25, 0.3) is 5.91 Å². The van der Waals surface area contributed by atoms with Crippen LogP contribution in [-0.4, -0.2) is 33.9 Å². The van der Waals surface area contributed by atoms with Crippen LogP contribution in [0.5, 0.6) is 0 Å². The summed E-state index contributed by atoms with van der Waals surface area (Å²) in [4.78, 5) is 22.3. The van der Waals surface area contributed by atoms with Crippen LogP contribution in [0.1, 0.15) is 29.8 Å². The minimum absolute atomic E-state index is 0.0597. The minimum Gasteiger partial charge on any atom is -0.339 e. The largest absolute Gasteiger partial charge is 0.339 e. The highest BCUT2D eigenvalue weighted by atomic mass is 35.5. The summed E-state index contributed by atoms with van der Waals surface area (Å²) in [5, 5.41) is 3.75. The van der Waals surface area contributed by atoms with Crippen LogP contribution in [0.25, 0.3) is 0 Å². The standard InChI is InChI=1S/C16H19ClN4O/c1-4-21(5-2)15(22)12-9-18-16(19-10-12)20-14-8-13(17)7-6-11(14)3/h6-10H,4-5H2,1-3H3,(H,18,19,20). The summed E-state index contributed by atoms with van der Waals surface area (Å²) in [7, 11) is 0. The summed E-state index contributed by atoms with van der Waals surface area (Å²) < 4.78 is 0. The Bertz CT molecular complexity index is 654. The molecule has 0 fully saturated rings. The van der Waals surface area contributed by atoms with Crippen LogP contribution < -0.4 is 5.32 Å². The third-order valence-electron chi connectivity index (χ3n) is 3.40. The molecule has 5 nitrogen and oxygen atoms in total. The van der Waals surface area contributed by atoms with Gasteiger partial charge < -0.3 is 10.2 Å². The molecule has 0 saturated carbocycles. The molecule has 1 aromatic carbocycles. The van der Waals surface area contributed by atoms with Crippen molar-refractivity contribution in [3.63, 3.8) is 0 Å². The first-order valence-corrected chi connectivity index (χ1v) is 7.57. The number of aromatic nitrogens is 2. The van der Waals surface area contributed by atoms with Crippen LogP contribution in [0.4, 0.5) is 11.6 Å². The number of rotatable bonds is 5. The Morgan fingerprint density at radius 3 is 2.45 bits per heavy atom. The van der Waals surface area contributed by atoms with Crippen molar-refractivity contribution in [1.82, 2.24) is 14.9 Å². The Hall–Kier alpha value is -2.14. The van der Waals surface area contributed by atoms with Crippen LogP contribution >= 0.6 is 11.6 Å². The lowest BCUT2D eigenvalue weighted by Gasteiger charge is -2.18. The number of aryl methyl sites for hydroxylation is 1. The second-order valence-electron chi connectivity index (χ2n) is 4.86. The van der Waals surface area contributed by atoms with Gasteiger partial charge in [0.15, 0.2) is 0 Å². The van der Waals surface area contributed by atoms with E-state index in [1.54, 1.807) is 4.90 Å². The molecule has 116 valence electrons. The highest BCUT2D eigenvalue weighted by Gasteiger charge is 2.13. The van der Waals surface area contributed by atoms with E-state index in [1.807, 2.05) is 39.0 Å². The third-order valence-corrected chi connectivity index (χ3v) is 3.63. The summed E-state index contributed by atoms with van der Waals surface area (Å²) in [5.74, 6) is 0.372. The van der Waals surface area contributed by atoms with E-state index in [-0.39, 0.29) is 5.91 Å². The van der Waals surface area contributed by atoms with Gasteiger partial charge in [-0.25, -0.2) is 9.97 Å². The molecule has 0 atom stereocenters. The second-order valence-corrected chi connectivity index (χ2v) is 5.29. The van der Waals surface area contributed by atoms with Crippen molar-refractivity contribution in [2.75, 3.05) is 18.4 Å². The molecule has 0 aliphatic carbocycles. The summed E-state index contributed by atoms with van der Waals surface area (Å²) >= 11 is 5.99. The molecule has 1 N–H and O–H groups in total. The topological polar surface area (TPSA) is 58.1 Å². The van der Waals surface area contributed by atoms with Crippen molar-refractivity contribution in [2.45, 2.75) is 20.8 Å². The van der Waals surface area contributed by atoms with Gasteiger partial charge in [-0.2, -0.15) is 0 Å². The van der Waals surface area contributed by atoms with Crippen molar-refractivity contribution in [2.24, 2.45) is 0 Å². The van der Waals surface area contributed by atoms with Gasteiger partial charge in [-0.05, 0) is 38.5 Å². The van der Waals surface area contributed by atoms with Crippen molar-refractivity contribution < 1.29 is 4.79 Å². The molecular formula is C16H19ClN4O. The van der Waals surface area contributed by atoms with Crippen LogP contribution in [0.15, 0.2) is 30.6 Å². The van der Waals surface area contributed by atoms with Crippen molar-refractivity contribution in [1.29, 1.82) is 0 Å². The van der Waals surface area contributed by atoms with Crippen LogP contribution in [-0.2, 0) is 0 Å². The number of anilines is 2. The van der Waals surface area contributed by atoms with Gasteiger partial charge in [-0.3, -0.25) is 4.79 Å². The van der Waals surface area contributed by atoms with Gasteiger partial charge in [0, 0.05) is 36.2 Å². The van der Waals surface area contributed by atoms with Gasteiger partial charge in [0.05, 0.1) is 5.56 Å². The van der Waals surface area contributed by atoms with Crippen molar-refractivity contribution in [3.8, 4) is 0 Å². The first-order valence-electron chi connectivity index (χ1n) is 7.19. The van der Waals surface area contributed by atoms with Gasteiger partial charge in [0.2, 0.25) is 5.95 Å². The van der Waals surface area contributed by atoms with E-state index in [1.165, 1.54) is 12.4 Å². The molecule has 0 aliphatic heterocycles. The molecule has 0 unspecified atom stereocenters. The number of nitrogens with zero attached hydrogens (tertiary/aromatic N) is 3. The average Bonchev–Trinajstić information content (AvgIpc) is 2.53. The predicted molar refractivity (Wildman–Crippen MR) is 88.8 cm³/mol. The Morgan fingerprint density at radius 1 is 1.23 bits per heavy atom. The number of halogens is 1. The number of carbonyl (C=O) groups is 1. The van der Waals surface area contributed by atoms with E-state index < -0.39 is 0 Å². The molecule has 1 amide bonds. The number of nitrogens with one attached hydrogen (secondary N) is 1. The number of hydrogen-bond acceptors (Lipinski definition) is 4. The first kappa shape index (κ1) is 16.2. The zero-order chi connectivity index (χ0) is 16.1. The van der Waals surface area contributed by atoms with Gasteiger partial charge >= 0.3 is 0 Å². The summed E-state index contributed by atoms with van der Waals surface area (Å²) in [5.41, 5.74) is 2.36. The molecule has 0 spiro atoms. The normalized spacial score (nSPS) is 10.4. The zero-order valence-corrected chi connectivity index (χ0v) is 13.7. The zero-order valence-electron chi connectivity index (χ0n) is 12.9. The summed E-state index contributed by atoms with van der Waals surface area (Å²) in [6.45, 7) is 7.19. The first-order chi connectivity index (χ1) is 10.5. The number of benzene rings is 1. The van der Waals surface area contributed by atoms with Gasteiger partial charge in [-0.1, -0.05) is 17.7 Å². The molecule has 0 saturated heterocycles. The van der Waals surface area contributed by atoms with E-state index in [4.69, 9.17) is 11.6 Å². The van der Waals surface area contributed by atoms with Crippen molar-refractivity contribution in [3.05, 3.63) is 46.7 Å². The Kier molecular flexibility index (Phi) is 5.33. The smallest absolute Gasteiger partial charge is 0.256 e. The maximum Gasteiger partial charge on any atom is 0.256 e. The number of amides is 1. The SMILES string of the molecule is CCN(CC)C(=O)c1cnc(Nc2cc(Cl)ccc2C)nc1. The molecule has 1 heterocycles. The van der Waals surface area contributed by atoms with Gasteiger partial charge in [0.1, 0.15) is 0 Å². The van der Waals surface area contributed by atoms with E-state index in [0.717, 1.165) is 11.3 Å². The Balaban J connectivity index is 2.15. The number of hydrogen-bond donors (Lipinski definition) is 1. The molecule has 1 aromatic heterocycles. The van der Waals surface area contributed by atoms with E-state index in [0.29, 0.717) is 29.6 Å². The molecule has 2 rings (SSSR count). The molecule has 22 heavy (non-hydrogen) atoms. The van der Waals surface area contributed by atoms with E-state index in [9.17, 15) is 4.79 Å². The monoisotopic (exact) mass is 318 g/mol. The average molecular weight is 319 g/mol. The van der Waals surface area contributed by atoms with Gasteiger partial charge in [-0.15, -0.1) is 0 Å². The fraction of sp³-hybridized carbons (Fsp3) is 0.312. The predicted octanol–water partition coefficient (Wildman–Crippen LogP) is 3.66. The molecule has 0 radical (unpaired) electrons. The molecule has 0 aliphatic rings. The highest BCUT2D eigenvalue weighted by molar-refractivity contribution is 6.30. The lowest BCUT2D eigenvalue weighted by atomic mass is 10.2. The molecule has 6 heteroatoms. The molecule has 0 bridgehead atoms. The Labute approximate surface area is 135 Å². The highest BCUT2D eigenvalue weighted by Crippen LogP contribution is 2.22. The lowest BCUT2D eigenvalue weighted by molar-refractivity contribution is 0.0772. The summed E-state index contributed by atoms with van der Waals surface area (Å²) in [6, 6.07) is 5.56. The van der Waals surface area contributed by atoms with Crippen LogP contribution in [0, 0.1) is 6.92 Å². The maximum absolute atomic E-state index is 12.2. The summed E-state index contributed by atoms with van der Waals surface area (Å²) in [6.07, 6.45) is 3.08. The second kappa shape index (κ2) is 7.22. The number of carbonyl (C=O) groups excluding carboxylic acids is 1. The molecule has 2 aromatic rings. The Morgan fingerprint density at radius 2 is 1.86 bits per heavy atom. The van der Waals surface area contributed by atoms with Crippen LogP contribution in [0.2, 0.25) is 5.02 Å². The fourth-order valence-electron chi connectivity index (χ4n) is 2.05. The van der Waals surface area contributed by atoms with Crippen molar-refractivity contribution >= 4 is 29.1 Å². The maximum atomic E-state index is 12.2. The lowest BCUT2D eigenvalue weighted by Crippen LogP contribution is -2.30.